The number of hydrogen-bond donors (Lipinski definition) is 2. The Morgan fingerprint density at radius 2 is 2.10 bits per heavy atom. The molecule has 0 bridgehead atoms. The molecule has 1 aliphatic rings. The number of thioether (sulfide) groups is 1. The molecule has 1 aromatic rings. The van der Waals surface area contributed by atoms with Crippen LogP contribution in [-0.4, -0.2) is 30.0 Å². The molecule has 112 valence electrons. The number of rotatable bonds is 3. The number of halogens is 4. The maximum absolute atomic E-state index is 13.3. The lowest BCUT2D eigenvalue weighted by Gasteiger charge is -2.22. The van der Waals surface area contributed by atoms with Crippen molar-refractivity contribution >= 4 is 58.4 Å². The fraction of sp³-hybridized carbons (Fsp3) is 0.417. The van der Waals surface area contributed by atoms with Gasteiger partial charge in [0.15, 0.2) is 0 Å². The first-order valence-corrected chi connectivity index (χ1v) is 8.05. The molecule has 3 nitrogen and oxygen atoms in total. The van der Waals surface area contributed by atoms with Crippen LogP contribution in [-0.2, 0) is 4.79 Å². The van der Waals surface area contributed by atoms with Crippen LogP contribution in [0.4, 0.5) is 14.5 Å². The molecule has 2 rings (SSSR count). The van der Waals surface area contributed by atoms with Crippen molar-refractivity contribution in [3.05, 3.63) is 27.3 Å². The summed E-state index contributed by atoms with van der Waals surface area (Å²) in [5.41, 5.74) is 0.156. The van der Waals surface area contributed by atoms with Crippen molar-refractivity contribution in [1.82, 2.24) is 5.32 Å². The Hall–Kier alpha value is -0.120. The fourth-order valence-electron chi connectivity index (χ4n) is 1.81. The van der Waals surface area contributed by atoms with E-state index in [4.69, 9.17) is 0 Å². The molecule has 1 unspecified atom stereocenters. The van der Waals surface area contributed by atoms with Crippen LogP contribution in [0.3, 0.4) is 0 Å². The highest BCUT2D eigenvalue weighted by atomic mass is 127. The third-order valence-corrected chi connectivity index (χ3v) is 4.86. The minimum Gasteiger partial charge on any atom is -0.326 e. The van der Waals surface area contributed by atoms with Gasteiger partial charge in [-0.3, -0.25) is 4.79 Å². The summed E-state index contributed by atoms with van der Waals surface area (Å²) in [6.07, 6.45) is 0.308. The second kappa shape index (κ2) is 8.35. The van der Waals surface area contributed by atoms with Gasteiger partial charge in [-0.1, -0.05) is 0 Å². The first-order valence-electron chi connectivity index (χ1n) is 5.82. The molecule has 1 aliphatic heterocycles. The number of anilines is 1. The average molecular weight is 435 g/mol. The second-order valence-corrected chi connectivity index (χ2v) is 6.46. The Bertz CT molecular complexity index is 464. The van der Waals surface area contributed by atoms with Crippen molar-refractivity contribution in [2.75, 3.05) is 23.4 Å². The standard InChI is InChI=1S/C12H13F2IN2OS.ClH/c13-9-3-7(4-10(14)12(9)15)17-11(18)5-8-6-19-2-1-16-8;/h3-4,8,16H,1-2,5-6H2,(H,17,18);1H. The molecule has 1 amide bonds. The van der Waals surface area contributed by atoms with Crippen LogP contribution >= 0.6 is 46.8 Å². The Balaban J connectivity index is 0.00000200. The summed E-state index contributed by atoms with van der Waals surface area (Å²) in [5, 5.41) is 5.76. The van der Waals surface area contributed by atoms with Crippen LogP contribution in [0.15, 0.2) is 12.1 Å². The number of nitrogens with one attached hydrogen (secondary N) is 2. The predicted molar refractivity (Wildman–Crippen MR) is 88.7 cm³/mol. The summed E-state index contributed by atoms with van der Waals surface area (Å²) in [7, 11) is 0. The number of amides is 1. The molecule has 20 heavy (non-hydrogen) atoms. The van der Waals surface area contributed by atoms with E-state index in [1.165, 1.54) is 0 Å². The third kappa shape index (κ3) is 5.01. The Labute approximate surface area is 140 Å². The van der Waals surface area contributed by atoms with Gasteiger partial charge < -0.3 is 10.6 Å². The highest BCUT2D eigenvalue weighted by Crippen LogP contribution is 2.20. The Morgan fingerprint density at radius 3 is 2.65 bits per heavy atom. The fourth-order valence-corrected chi connectivity index (χ4v) is 3.07. The minimum absolute atomic E-state index is 0. The molecule has 0 aromatic heterocycles. The van der Waals surface area contributed by atoms with Gasteiger partial charge in [0.25, 0.3) is 0 Å². The van der Waals surface area contributed by atoms with Crippen molar-refractivity contribution in [3.63, 3.8) is 0 Å². The molecule has 1 saturated heterocycles. The van der Waals surface area contributed by atoms with E-state index in [1.807, 2.05) is 0 Å². The first-order chi connectivity index (χ1) is 9.06. The summed E-state index contributed by atoms with van der Waals surface area (Å²) < 4.78 is 26.6. The second-order valence-electron chi connectivity index (χ2n) is 4.23. The van der Waals surface area contributed by atoms with Crippen LogP contribution in [0.25, 0.3) is 0 Å². The van der Waals surface area contributed by atoms with Crippen LogP contribution in [0.2, 0.25) is 0 Å². The number of carbonyl (C=O) groups excluding carboxylic acids is 1. The van der Waals surface area contributed by atoms with E-state index in [0.717, 1.165) is 30.2 Å². The molecule has 0 radical (unpaired) electrons. The number of carbonyl (C=O) groups is 1. The van der Waals surface area contributed by atoms with Gasteiger partial charge in [-0.05, 0) is 34.7 Å². The van der Waals surface area contributed by atoms with E-state index >= 15 is 0 Å². The van der Waals surface area contributed by atoms with E-state index in [9.17, 15) is 13.6 Å². The lowest BCUT2D eigenvalue weighted by Crippen LogP contribution is -2.39. The van der Waals surface area contributed by atoms with Gasteiger partial charge in [-0.25, -0.2) is 8.78 Å². The summed E-state index contributed by atoms with van der Waals surface area (Å²) in [6.45, 7) is 0.884. The lowest BCUT2D eigenvalue weighted by molar-refractivity contribution is -0.116. The van der Waals surface area contributed by atoms with Crippen molar-refractivity contribution in [3.8, 4) is 0 Å². The van der Waals surface area contributed by atoms with Crippen molar-refractivity contribution in [2.45, 2.75) is 12.5 Å². The zero-order valence-electron chi connectivity index (χ0n) is 10.4. The SMILES string of the molecule is Cl.O=C(CC1CSCCN1)Nc1cc(F)c(I)c(F)c1. The van der Waals surface area contributed by atoms with Gasteiger partial charge in [0.05, 0.1) is 3.57 Å². The molecule has 2 N–H and O–H groups in total. The van der Waals surface area contributed by atoms with Gasteiger partial charge in [0.1, 0.15) is 11.6 Å². The van der Waals surface area contributed by atoms with Crippen molar-refractivity contribution < 1.29 is 13.6 Å². The molecule has 0 spiro atoms. The Kier molecular flexibility index (Phi) is 7.49. The maximum Gasteiger partial charge on any atom is 0.225 e. The van der Waals surface area contributed by atoms with Crippen LogP contribution in [0, 0.1) is 15.2 Å². The van der Waals surface area contributed by atoms with Gasteiger partial charge in [0.2, 0.25) is 5.91 Å². The zero-order chi connectivity index (χ0) is 13.8. The molecule has 8 heteroatoms. The number of benzene rings is 1. The predicted octanol–water partition coefficient (Wildman–Crippen LogP) is 3.02. The summed E-state index contributed by atoms with van der Waals surface area (Å²) in [6, 6.07) is 2.38. The van der Waals surface area contributed by atoms with Gasteiger partial charge >= 0.3 is 0 Å². The van der Waals surface area contributed by atoms with Crippen molar-refractivity contribution in [1.29, 1.82) is 0 Å². The Morgan fingerprint density at radius 1 is 1.45 bits per heavy atom. The van der Waals surface area contributed by atoms with E-state index in [0.29, 0.717) is 6.42 Å². The lowest BCUT2D eigenvalue weighted by atomic mass is 10.2. The summed E-state index contributed by atoms with van der Waals surface area (Å²) in [5.74, 6) is 0.360. The topological polar surface area (TPSA) is 41.1 Å². The summed E-state index contributed by atoms with van der Waals surface area (Å²) >= 11 is 3.38. The molecule has 1 aromatic carbocycles. The van der Waals surface area contributed by atoms with Crippen molar-refractivity contribution in [2.24, 2.45) is 0 Å². The average Bonchev–Trinajstić information content (AvgIpc) is 2.37. The monoisotopic (exact) mass is 434 g/mol. The number of hydrogen-bond acceptors (Lipinski definition) is 3. The zero-order valence-corrected chi connectivity index (χ0v) is 14.2. The summed E-state index contributed by atoms with van der Waals surface area (Å²) in [4.78, 5) is 11.8. The molecule has 1 atom stereocenters. The maximum atomic E-state index is 13.3. The minimum atomic E-state index is -0.665. The van der Waals surface area contributed by atoms with Gasteiger partial charge in [-0.15, -0.1) is 12.4 Å². The molecule has 0 aliphatic carbocycles. The largest absolute Gasteiger partial charge is 0.326 e. The van der Waals surface area contributed by atoms with Gasteiger partial charge in [0, 0.05) is 36.2 Å². The smallest absolute Gasteiger partial charge is 0.225 e. The van der Waals surface area contributed by atoms with Crippen LogP contribution in [0.1, 0.15) is 6.42 Å². The highest BCUT2D eigenvalue weighted by molar-refractivity contribution is 14.1. The highest BCUT2D eigenvalue weighted by Gasteiger charge is 2.17. The normalized spacial score (nSPS) is 18.2. The quantitative estimate of drug-likeness (QED) is 0.568. The van der Waals surface area contributed by atoms with Gasteiger partial charge in [-0.2, -0.15) is 11.8 Å². The van der Waals surface area contributed by atoms with E-state index in [-0.39, 0.29) is 33.6 Å². The molecule has 0 saturated carbocycles. The molecular weight excluding hydrogens is 421 g/mol. The molecule has 1 heterocycles. The molecular formula is C12H14ClF2IN2OS. The van der Waals surface area contributed by atoms with E-state index < -0.39 is 11.6 Å². The van der Waals surface area contributed by atoms with E-state index in [2.05, 4.69) is 10.6 Å². The van der Waals surface area contributed by atoms with Crippen LogP contribution in [0.5, 0.6) is 0 Å². The first kappa shape index (κ1) is 17.9. The van der Waals surface area contributed by atoms with Crippen LogP contribution < -0.4 is 10.6 Å². The third-order valence-electron chi connectivity index (χ3n) is 2.70. The molecule has 1 fully saturated rings. The van der Waals surface area contributed by atoms with E-state index in [1.54, 1.807) is 34.4 Å².